The Balaban J connectivity index is 0.000000289. The summed E-state index contributed by atoms with van der Waals surface area (Å²) in [5.74, 6) is -0.512. The Morgan fingerprint density at radius 1 is 1.15 bits per heavy atom. The lowest BCUT2D eigenvalue weighted by Gasteiger charge is -2.05. The number of rotatable bonds is 3. The molecule has 0 spiro atoms. The van der Waals surface area contributed by atoms with Crippen LogP contribution in [0.3, 0.4) is 0 Å². The second kappa shape index (κ2) is 9.36. The Morgan fingerprint density at radius 3 is 2.11 bits per heavy atom. The predicted octanol–water partition coefficient (Wildman–Crippen LogP) is 4.77. The minimum atomic E-state index is -4.43. The molecule has 0 bridgehead atoms. The van der Waals surface area contributed by atoms with E-state index < -0.39 is 27.8 Å². The molecule has 11 heteroatoms. The molecule has 5 nitrogen and oxygen atoms in total. The summed E-state index contributed by atoms with van der Waals surface area (Å²) in [7, 11) is -4.26. The summed E-state index contributed by atoms with van der Waals surface area (Å²) in [6.45, 7) is 0. The normalized spacial score (nSPS) is 11.8. The van der Waals surface area contributed by atoms with Crippen LogP contribution < -0.4 is 5.73 Å². The zero-order valence-electron chi connectivity index (χ0n) is 13.2. The van der Waals surface area contributed by atoms with Crippen molar-refractivity contribution in [1.29, 1.82) is 0 Å². The first-order valence-electron chi connectivity index (χ1n) is 6.87. The topological polar surface area (TPSA) is 97.5 Å². The van der Waals surface area contributed by atoms with Crippen LogP contribution in [-0.4, -0.2) is 18.9 Å². The largest absolute Gasteiger partial charge is 0.416 e. The predicted molar refractivity (Wildman–Crippen MR) is 99.7 cm³/mol. The van der Waals surface area contributed by atoms with E-state index in [0.29, 0.717) is 16.0 Å². The third-order valence-corrected chi connectivity index (χ3v) is 4.15. The van der Waals surface area contributed by atoms with Gasteiger partial charge < -0.3 is 5.73 Å². The van der Waals surface area contributed by atoms with E-state index in [1.807, 2.05) is 0 Å². The number of halogens is 5. The van der Waals surface area contributed by atoms with E-state index in [9.17, 15) is 26.4 Å². The fourth-order valence-electron chi connectivity index (χ4n) is 1.64. The lowest BCUT2D eigenvalue weighted by atomic mass is 10.1. The number of alkyl halides is 3. The van der Waals surface area contributed by atoms with Gasteiger partial charge in [0.2, 0.25) is 5.91 Å². The number of carbonyl (C=O) groups is 1. The van der Waals surface area contributed by atoms with Gasteiger partial charge in [-0.05, 0) is 42.0 Å². The average Bonchev–Trinajstić information content (AvgIpc) is 2.52. The maximum Gasteiger partial charge on any atom is 0.416 e. The smallest absolute Gasteiger partial charge is 0.366 e. The third-order valence-electron chi connectivity index (χ3n) is 2.87. The van der Waals surface area contributed by atoms with Gasteiger partial charge in [-0.1, -0.05) is 39.7 Å². The molecule has 146 valence electrons. The SMILES string of the molecule is NC(=O)c1ccc(Br)cc1Cl.O=S(=O)(O)/C=C/c1ccc(C(F)(F)F)cc1. The van der Waals surface area contributed by atoms with Crippen LogP contribution >= 0.6 is 27.5 Å². The average molecular weight is 487 g/mol. The molecule has 0 fully saturated rings. The molecule has 0 saturated carbocycles. The molecule has 2 rings (SSSR count). The molecule has 0 atom stereocenters. The van der Waals surface area contributed by atoms with Crippen LogP contribution in [0, 0.1) is 0 Å². The Bertz CT molecular complexity index is 945. The highest BCUT2D eigenvalue weighted by Gasteiger charge is 2.29. The van der Waals surface area contributed by atoms with Crippen molar-refractivity contribution in [3.05, 3.63) is 74.1 Å². The first-order chi connectivity index (χ1) is 12.3. The summed E-state index contributed by atoms with van der Waals surface area (Å²) in [6.07, 6.45) is -3.43. The summed E-state index contributed by atoms with van der Waals surface area (Å²) >= 11 is 8.90. The molecule has 2 aromatic rings. The van der Waals surface area contributed by atoms with E-state index in [1.54, 1.807) is 18.2 Å². The van der Waals surface area contributed by atoms with Crippen LogP contribution in [0.2, 0.25) is 5.02 Å². The lowest BCUT2D eigenvalue weighted by Crippen LogP contribution is -2.11. The number of amides is 1. The molecule has 3 N–H and O–H groups in total. The molecule has 0 radical (unpaired) electrons. The van der Waals surface area contributed by atoms with Crippen molar-refractivity contribution in [2.75, 3.05) is 0 Å². The Morgan fingerprint density at radius 2 is 1.70 bits per heavy atom. The quantitative estimate of drug-likeness (QED) is 0.611. The van der Waals surface area contributed by atoms with Crippen molar-refractivity contribution in [3.63, 3.8) is 0 Å². The second-order valence-electron chi connectivity index (χ2n) is 4.93. The standard InChI is InChI=1S/C9H7F3O3S.C7H5BrClNO/c10-9(11,12)8-3-1-7(2-4-8)5-6-16(13,14)15;8-4-1-2-5(7(10)11)6(9)3-4/h1-6H,(H,13,14,15);1-3H,(H2,10,11)/b6-5+;. The number of hydrogen-bond donors (Lipinski definition) is 2. The lowest BCUT2D eigenvalue weighted by molar-refractivity contribution is -0.137. The van der Waals surface area contributed by atoms with Crippen molar-refractivity contribution in [2.24, 2.45) is 5.73 Å². The molecule has 0 aliphatic heterocycles. The van der Waals surface area contributed by atoms with Gasteiger partial charge in [0.15, 0.2) is 0 Å². The molecule has 0 saturated heterocycles. The van der Waals surface area contributed by atoms with Crippen molar-refractivity contribution in [2.45, 2.75) is 6.18 Å². The molecule has 0 aliphatic carbocycles. The minimum absolute atomic E-state index is 0.241. The van der Waals surface area contributed by atoms with Crippen LogP contribution in [0.4, 0.5) is 13.2 Å². The van der Waals surface area contributed by atoms with E-state index in [0.717, 1.165) is 34.8 Å². The molecule has 2 aromatic carbocycles. The third kappa shape index (κ3) is 8.57. The number of carbonyl (C=O) groups excluding carboxylic acids is 1. The minimum Gasteiger partial charge on any atom is -0.366 e. The highest BCUT2D eigenvalue weighted by atomic mass is 79.9. The zero-order chi connectivity index (χ0) is 20.8. The van der Waals surface area contributed by atoms with Crippen LogP contribution in [0.5, 0.6) is 0 Å². The molecule has 1 amide bonds. The Kier molecular flexibility index (Phi) is 8.03. The van der Waals surface area contributed by atoms with Crippen LogP contribution in [0.15, 0.2) is 52.3 Å². The Hall–Kier alpha value is -1.88. The first-order valence-corrected chi connectivity index (χ1v) is 9.54. The van der Waals surface area contributed by atoms with Gasteiger partial charge in [0.05, 0.1) is 21.6 Å². The molecule has 0 unspecified atom stereocenters. The fourth-order valence-corrected chi connectivity index (χ4v) is 2.73. The van der Waals surface area contributed by atoms with Gasteiger partial charge in [0, 0.05) is 4.47 Å². The van der Waals surface area contributed by atoms with Gasteiger partial charge in [-0.15, -0.1) is 0 Å². The number of primary amides is 1. The van der Waals surface area contributed by atoms with Gasteiger partial charge in [0.1, 0.15) is 0 Å². The molecular formula is C16H12BrClF3NO4S. The van der Waals surface area contributed by atoms with Crippen molar-refractivity contribution >= 4 is 49.6 Å². The van der Waals surface area contributed by atoms with E-state index in [-0.39, 0.29) is 5.56 Å². The molecular weight excluding hydrogens is 475 g/mol. The Labute approximate surface area is 166 Å². The maximum atomic E-state index is 12.1. The maximum absolute atomic E-state index is 12.1. The summed E-state index contributed by atoms with van der Waals surface area (Å²) in [6, 6.07) is 8.77. The van der Waals surface area contributed by atoms with Crippen LogP contribution in [-0.2, 0) is 16.3 Å². The molecule has 27 heavy (non-hydrogen) atoms. The molecule has 0 aliphatic rings. The van der Waals surface area contributed by atoms with Crippen molar-refractivity contribution in [3.8, 4) is 0 Å². The van der Waals surface area contributed by atoms with E-state index in [2.05, 4.69) is 15.9 Å². The summed E-state index contributed by atoms with van der Waals surface area (Å²) in [4.78, 5) is 10.7. The number of benzene rings is 2. The fraction of sp³-hybridized carbons (Fsp3) is 0.0625. The molecule has 0 aromatic heterocycles. The van der Waals surface area contributed by atoms with Gasteiger partial charge in [0.25, 0.3) is 10.1 Å². The van der Waals surface area contributed by atoms with Crippen LogP contribution in [0.25, 0.3) is 6.08 Å². The second-order valence-corrected chi connectivity index (χ2v) is 7.55. The van der Waals surface area contributed by atoms with E-state index in [4.69, 9.17) is 21.9 Å². The van der Waals surface area contributed by atoms with E-state index >= 15 is 0 Å². The van der Waals surface area contributed by atoms with Gasteiger partial charge in [-0.3, -0.25) is 9.35 Å². The number of nitrogens with two attached hydrogens (primary N) is 1. The first kappa shape index (κ1) is 23.2. The van der Waals surface area contributed by atoms with Crippen molar-refractivity contribution in [1.82, 2.24) is 0 Å². The van der Waals surface area contributed by atoms with Gasteiger partial charge in [-0.2, -0.15) is 21.6 Å². The monoisotopic (exact) mass is 485 g/mol. The van der Waals surface area contributed by atoms with Gasteiger partial charge >= 0.3 is 6.18 Å². The summed E-state index contributed by atoms with van der Waals surface area (Å²) in [5.41, 5.74) is 4.79. The van der Waals surface area contributed by atoms with Crippen LogP contribution in [0.1, 0.15) is 21.5 Å². The van der Waals surface area contributed by atoms with Gasteiger partial charge in [-0.25, -0.2) is 0 Å². The highest BCUT2D eigenvalue weighted by molar-refractivity contribution is 9.10. The number of hydrogen-bond acceptors (Lipinski definition) is 3. The van der Waals surface area contributed by atoms with Crippen molar-refractivity contribution < 1.29 is 30.9 Å². The van der Waals surface area contributed by atoms with E-state index in [1.165, 1.54) is 0 Å². The zero-order valence-corrected chi connectivity index (χ0v) is 16.4. The molecule has 0 heterocycles. The summed E-state index contributed by atoms with van der Waals surface area (Å²) in [5, 5.41) is 0.863. The highest BCUT2D eigenvalue weighted by Crippen LogP contribution is 2.29. The summed E-state index contributed by atoms with van der Waals surface area (Å²) < 4.78 is 66.3.